The SMILES string of the molecule is COc1ccc(CCNC(N)=NCC(O)COCc2ccc(OC)cc2)cc1.I. The highest BCUT2D eigenvalue weighted by Gasteiger charge is 2.04. The summed E-state index contributed by atoms with van der Waals surface area (Å²) in [5, 5.41) is 13.0. The van der Waals surface area contributed by atoms with Crippen LogP contribution in [0, 0.1) is 0 Å². The van der Waals surface area contributed by atoms with Crippen LogP contribution in [0.5, 0.6) is 11.5 Å². The summed E-state index contributed by atoms with van der Waals surface area (Å²) in [5.74, 6) is 1.94. The van der Waals surface area contributed by atoms with Crippen LogP contribution in [0.25, 0.3) is 0 Å². The van der Waals surface area contributed by atoms with Crippen LogP contribution in [-0.4, -0.2) is 51.1 Å². The smallest absolute Gasteiger partial charge is 0.188 e. The van der Waals surface area contributed by atoms with Crippen molar-refractivity contribution in [2.45, 2.75) is 19.1 Å². The third-order valence-corrected chi connectivity index (χ3v) is 4.09. The topological polar surface area (TPSA) is 98.3 Å². The van der Waals surface area contributed by atoms with Gasteiger partial charge in [0.25, 0.3) is 0 Å². The third kappa shape index (κ3) is 9.82. The Morgan fingerprint density at radius 2 is 1.55 bits per heavy atom. The summed E-state index contributed by atoms with van der Waals surface area (Å²) in [6.07, 6.45) is 0.105. The van der Waals surface area contributed by atoms with E-state index in [1.807, 2.05) is 48.5 Å². The number of nitrogens with zero attached hydrogens (tertiary/aromatic N) is 1. The van der Waals surface area contributed by atoms with Gasteiger partial charge < -0.3 is 30.4 Å². The Kier molecular flexibility index (Phi) is 12.1. The van der Waals surface area contributed by atoms with E-state index >= 15 is 0 Å². The van der Waals surface area contributed by atoms with Crippen molar-refractivity contribution in [1.82, 2.24) is 5.32 Å². The summed E-state index contributed by atoms with van der Waals surface area (Å²) in [5.41, 5.74) is 8.02. The lowest BCUT2D eigenvalue weighted by Gasteiger charge is -2.11. The van der Waals surface area contributed by atoms with Crippen molar-refractivity contribution in [2.24, 2.45) is 10.7 Å². The minimum absolute atomic E-state index is 0. The number of ether oxygens (including phenoxy) is 3. The van der Waals surface area contributed by atoms with Gasteiger partial charge in [-0.05, 0) is 41.8 Å². The molecule has 0 bridgehead atoms. The van der Waals surface area contributed by atoms with Crippen LogP contribution in [0.15, 0.2) is 53.5 Å². The van der Waals surface area contributed by atoms with E-state index in [0.717, 1.165) is 23.5 Å². The molecule has 1 unspecified atom stereocenters. The molecule has 2 rings (SSSR count). The maximum atomic E-state index is 9.96. The largest absolute Gasteiger partial charge is 0.497 e. The number of nitrogens with two attached hydrogens (primary N) is 1. The van der Waals surface area contributed by atoms with E-state index in [2.05, 4.69) is 10.3 Å². The molecule has 29 heavy (non-hydrogen) atoms. The van der Waals surface area contributed by atoms with E-state index in [9.17, 15) is 5.11 Å². The molecule has 8 heteroatoms. The first-order valence-electron chi connectivity index (χ1n) is 9.16. The molecule has 2 aromatic rings. The summed E-state index contributed by atoms with van der Waals surface area (Å²) >= 11 is 0. The minimum Gasteiger partial charge on any atom is -0.497 e. The van der Waals surface area contributed by atoms with Crippen LogP contribution in [0.4, 0.5) is 0 Å². The molecule has 0 aliphatic rings. The van der Waals surface area contributed by atoms with Crippen molar-refractivity contribution < 1.29 is 19.3 Å². The van der Waals surface area contributed by atoms with Crippen LogP contribution in [0.2, 0.25) is 0 Å². The Morgan fingerprint density at radius 3 is 2.10 bits per heavy atom. The number of hydrogen-bond acceptors (Lipinski definition) is 5. The molecular weight excluding hydrogens is 485 g/mol. The molecule has 1 atom stereocenters. The van der Waals surface area contributed by atoms with Gasteiger partial charge in [0.2, 0.25) is 0 Å². The van der Waals surface area contributed by atoms with E-state index in [0.29, 0.717) is 19.1 Å². The van der Waals surface area contributed by atoms with Crippen LogP contribution in [0.3, 0.4) is 0 Å². The van der Waals surface area contributed by atoms with Crippen LogP contribution in [-0.2, 0) is 17.8 Å². The average Bonchev–Trinajstić information content (AvgIpc) is 2.73. The van der Waals surface area contributed by atoms with Gasteiger partial charge in [0.15, 0.2) is 5.96 Å². The second kappa shape index (κ2) is 14.0. The highest BCUT2D eigenvalue weighted by atomic mass is 127. The van der Waals surface area contributed by atoms with Crippen LogP contribution in [0.1, 0.15) is 11.1 Å². The quantitative estimate of drug-likeness (QED) is 0.242. The van der Waals surface area contributed by atoms with Crippen molar-refractivity contribution in [2.75, 3.05) is 33.9 Å². The molecule has 0 heterocycles. The number of guanidine groups is 1. The lowest BCUT2D eigenvalue weighted by atomic mass is 10.1. The van der Waals surface area contributed by atoms with Gasteiger partial charge in [-0.25, -0.2) is 0 Å². The number of methoxy groups -OCH3 is 2. The molecule has 0 fully saturated rings. The predicted molar refractivity (Wildman–Crippen MR) is 125 cm³/mol. The minimum atomic E-state index is -0.708. The summed E-state index contributed by atoms with van der Waals surface area (Å²) in [6, 6.07) is 15.5. The molecule has 160 valence electrons. The molecular formula is C21H30IN3O4. The molecule has 0 saturated carbocycles. The standard InChI is InChI=1S/C21H29N3O4.HI/c1-26-19-7-3-16(4-8-19)11-12-23-21(22)24-13-18(25)15-28-14-17-5-9-20(27-2)10-6-17;/h3-10,18,25H,11-15H2,1-2H3,(H3,22,23,24);1H. The molecule has 2 aromatic carbocycles. The number of hydrogen-bond donors (Lipinski definition) is 3. The predicted octanol–water partition coefficient (Wildman–Crippen LogP) is 2.35. The Bertz CT molecular complexity index is 724. The van der Waals surface area contributed by atoms with E-state index in [1.165, 1.54) is 5.56 Å². The highest BCUT2D eigenvalue weighted by Crippen LogP contribution is 2.12. The van der Waals surface area contributed by atoms with Crippen LogP contribution < -0.4 is 20.5 Å². The Hall–Kier alpha value is -2.04. The summed E-state index contributed by atoms with van der Waals surface area (Å²) in [7, 11) is 3.27. The number of nitrogens with one attached hydrogen (secondary N) is 1. The fourth-order valence-electron chi connectivity index (χ4n) is 2.47. The maximum absolute atomic E-state index is 9.96. The summed E-state index contributed by atoms with van der Waals surface area (Å²) in [6.45, 7) is 1.45. The fraction of sp³-hybridized carbons (Fsp3) is 0.381. The van der Waals surface area contributed by atoms with Gasteiger partial charge >= 0.3 is 0 Å². The van der Waals surface area contributed by atoms with E-state index in [1.54, 1.807) is 14.2 Å². The number of aliphatic imine (C=N–C) groups is 1. The van der Waals surface area contributed by atoms with Gasteiger partial charge in [-0.2, -0.15) is 0 Å². The number of rotatable bonds is 11. The molecule has 0 aliphatic heterocycles. The zero-order chi connectivity index (χ0) is 20.2. The van der Waals surface area contributed by atoms with Gasteiger partial charge in [0.1, 0.15) is 11.5 Å². The monoisotopic (exact) mass is 515 g/mol. The second-order valence-electron chi connectivity index (χ2n) is 6.27. The Balaban J connectivity index is 0.00000420. The number of aliphatic hydroxyl groups is 1. The molecule has 7 nitrogen and oxygen atoms in total. The van der Waals surface area contributed by atoms with Crippen molar-refractivity contribution in [1.29, 1.82) is 0 Å². The van der Waals surface area contributed by atoms with Crippen molar-refractivity contribution in [3.63, 3.8) is 0 Å². The zero-order valence-electron chi connectivity index (χ0n) is 16.8. The van der Waals surface area contributed by atoms with Gasteiger partial charge in [-0.3, -0.25) is 4.99 Å². The third-order valence-electron chi connectivity index (χ3n) is 4.09. The van der Waals surface area contributed by atoms with Gasteiger partial charge in [0.05, 0.1) is 40.1 Å². The number of halogens is 1. The number of aliphatic hydroxyl groups excluding tert-OH is 1. The molecule has 0 saturated heterocycles. The lowest BCUT2D eigenvalue weighted by Crippen LogP contribution is -2.34. The first-order valence-corrected chi connectivity index (χ1v) is 9.16. The molecule has 4 N–H and O–H groups in total. The molecule has 0 radical (unpaired) electrons. The Morgan fingerprint density at radius 1 is 1.00 bits per heavy atom. The van der Waals surface area contributed by atoms with Crippen molar-refractivity contribution in [3.8, 4) is 11.5 Å². The Labute approximate surface area is 189 Å². The maximum Gasteiger partial charge on any atom is 0.188 e. The molecule has 0 amide bonds. The van der Waals surface area contributed by atoms with E-state index < -0.39 is 6.10 Å². The van der Waals surface area contributed by atoms with Crippen LogP contribution >= 0.6 is 24.0 Å². The zero-order valence-corrected chi connectivity index (χ0v) is 19.2. The van der Waals surface area contributed by atoms with E-state index in [4.69, 9.17) is 19.9 Å². The summed E-state index contributed by atoms with van der Waals surface area (Å²) < 4.78 is 15.8. The van der Waals surface area contributed by atoms with Crippen molar-refractivity contribution >= 4 is 29.9 Å². The first-order chi connectivity index (χ1) is 13.6. The molecule has 0 aliphatic carbocycles. The average molecular weight is 515 g/mol. The first kappa shape index (κ1) is 25.0. The van der Waals surface area contributed by atoms with Crippen molar-refractivity contribution in [3.05, 3.63) is 59.7 Å². The van der Waals surface area contributed by atoms with Gasteiger partial charge in [-0.1, -0.05) is 24.3 Å². The normalized spacial score (nSPS) is 12.0. The highest BCUT2D eigenvalue weighted by molar-refractivity contribution is 14.0. The summed E-state index contributed by atoms with van der Waals surface area (Å²) in [4.78, 5) is 4.15. The lowest BCUT2D eigenvalue weighted by molar-refractivity contribution is 0.0331. The fourth-order valence-corrected chi connectivity index (χ4v) is 2.47. The second-order valence-corrected chi connectivity index (χ2v) is 6.27. The van der Waals surface area contributed by atoms with Gasteiger partial charge in [0, 0.05) is 6.54 Å². The van der Waals surface area contributed by atoms with E-state index in [-0.39, 0.29) is 37.1 Å². The molecule has 0 spiro atoms. The molecule has 0 aromatic heterocycles. The van der Waals surface area contributed by atoms with Gasteiger partial charge in [-0.15, -0.1) is 24.0 Å². The number of benzene rings is 2.